The van der Waals surface area contributed by atoms with Crippen LogP contribution in [-0.2, 0) is 7.05 Å². The first kappa shape index (κ1) is 9.33. The monoisotopic (exact) mass is 166 g/mol. The van der Waals surface area contributed by atoms with Gasteiger partial charge in [0.2, 0.25) is 0 Å². The molecular formula is C10H18N2. The van der Waals surface area contributed by atoms with Gasteiger partial charge in [-0.25, -0.2) is 0 Å². The van der Waals surface area contributed by atoms with E-state index in [-0.39, 0.29) is 0 Å². The van der Waals surface area contributed by atoms with Gasteiger partial charge in [-0.15, -0.1) is 0 Å². The van der Waals surface area contributed by atoms with Crippen LogP contribution in [0.15, 0.2) is 18.5 Å². The van der Waals surface area contributed by atoms with E-state index >= 15 is 0 Å². The minimum Gasteiger partial charge on any atom is -0.357 e. The van der Waals surface area contributed by atoms with E-state index in [0.717, 1.165) is 13.0 Å². The topological polar surface area (TPSA) is 30.9 Å². The highest BCUT2D eigenvalue weighted by atomic mass is 14.9. The van der Waals surface area contributed by atoms with E-state index in [1.54, 1.807) is 0 Å². The molecule has 1 atom stereocenters. The highest BCUT2D eigenvalue weighted by Crippen LogP contribution is 2.19. The summed E-state index contributed by atoms with van der Waals surface area (Å²) in [6.45, 7) is 3.06. The first-order valence-corrected chi connectivity index (χ1v) is 4.56. The molecule has 0 bridgehead atoms. The van der Waals surface area contributed by atoms with E-state index in [2.05, 4.69) is 37.0 Å². The fourth-order valence-electron chi connectivity index (χ4n) is 1.41. The quantitative estimate of drug-likeness (QED) is 0.727. The number of aromatic nitrogens is 1. The molecule has 1 unspecified atom stereocenters. The minimum absolute atomic E-state index is 0.648. The summed E-state index contributed by atoms with van der Waals surface area (Å²) in [6, 6.07) is 2.18. The van der Waals surface area contributed by atoms with Crippen molar-refractivity contribution in [2.24, 2.45) is 12.8 Å². The molecule has 0 saturated carbocycles. The number of aryl methyl sites for hydroxylation is 1. The predicted molar refractivity (Wildman–Crippen MR) is 52.1 cm³/mol. The fourth-order valence-corrected chi connectivity index (χ4v) is 1.41. The lowest BCUT2D eigenvalue weighted by Gasteiger charge is -2.07. The van der Waals surface area contributed by atoms with Crippen LogP contribution in [0.5, 0.6) is 0 Å². The van der Waals surface area contributed by atoms with Crippen molar-refractivity contribution < 1.29 is 0 Å². The average molecular weight is 166 g/mol. The van der Waals surface area contributed by atoms with Gasteiger partial charge in [0.15, 0.2) is 0 Å². The summed E-state index contributed by atoms with van der Waals surface area (Å²) in [5.74, 6) is 0.648. The third-order valence-corrected chi connectivity index (χ3v) is 2.27. The molecule has 0 fully saturated rings. The molecule has 12 heavy (non-hydrogen) atoms. The Labute approximate surface area is 74.4 Å². The summed E-state index contributed by atoms with van der Waals surface area (Å²) >= 11 is 0. The van der Waals surface area contributed by atoms with Gasteiger partial charge >= 0.3 is 0 Å². The first-order valence-electron chi connectivity index (χ1n) is 4.56. The van der Waals surface area contributed by atoms with E-state index in [1.165, 1.54) is 12.0 Å². The molecule has 0 spiro atoms. The van der Waals surface area contributed by atoms with Crippen molar-refractivity contribution in [1.82, 2.24) is 4.57 Å². The molecule has 2 nitrogen and oxygen atoms in total. The molecule has 1 aromatic heterocycles. The second kappa shape index (κ2) is 4.31. The van der Waals surface area contributed by atoms with E-state index in [9.17, 15) is 0 Å². The SMILES string of the molecule is CC(CCCN)c1ccn(C)c1. The third-order valence-electron chi connectivity index (χ3n) is 2.27. The maximum absolute atomic E-state index is 5.45. The van der Waals surface area contributed by atoms with E-state index in [1.807, 2.05) is 0 Å². The number of nitrogens with zero attached hydrogens (tertiary/aromatic N) is 1. The lowest BCUT2D eigenvalue weighted by molar-refractivity contribution is 0.640. The molecule has 0 amide bonds. The van der Waals surface area contributed by atoms with Crippen LogP contribution in [0.2, 0.25) is 0 Å². The number of rotatable bonds is 4. The Morgan fingerprint density at radius 1 is 1.58 bits per heavy atom. The van der Waals surface area contributed by atoms with Gasteiger partial charge in [-0.3, -0.25) is 0 Å². The van der Waals surface area contributed by atoms with E-state index < -0.39 is 0 Å². The zero-order valence-corrected chi connectivity index (χ0v) is 7.96. The first-order chi connectivity index (χ1) is 5.74. The van der Waals surface area contributed by atoms with Crippen LogP contribution in [0.3, 0.4) is 0 Å². The normalized spacial score (nSPS) is 13.2. The standard InChI is InChI=1S/C10H18N2/c1-9(4-3-6-11)10-5-7-12(2)8-10/h5,7-9H,3-4,6,11H2,1-2H3. The molecule has 0 radical (unpaired) electrons. The highest BCUT2D eigenvalue weighted by Gasteiger charge is 2.04. The Balaban J connectivity index is 2.47. The summed E-state index contributed by atoms with van der Waals surface area (Å²) in [7, 11) is 2.05. The summed E-state index contributed by atoms with van der Waals surface area (Å²) in [5, 5.41) is 0. The summed E-state index contributed by atoms with van der Waals surface area (Å²) in [4.78, 5) is 0. The Hall–Kier alpha value is -0.760. The molecule has 0 aliphatic carbocycles. The van der Waals surface area contributed by atoms with Gasteiger partial charge in [0.05, 0.1) is 0 Å². The molecule has 68 valence electrons. The smallest absolute Gasteiger partial charge is 0.0106 e. The number of hydrogen-bond acceptors (Lipinski definition) is 1. The van der Waals surface area contributed by atoms with Gasteiger partial charge in [-0.1, -0.05) is 6.92 Å². The molecule has 0 aliphatic heterocycles. The van der Waals surface area contributed by atoms with Crippen molar-refractivity contribution in [2.45, 2.75) is 25.7 Å². The van der Waals surface area contributed by atoms with E-state index in [0.29, 0.717) is 5.92 Å². The molecule has 0 aliphatic rings. The molecular weight excluding hydrogens is 148 g/mol. The predicted octanol–water partition coefficient (Wildman–Crippen LogP) is 1.87. The number of nitrogens with two attached hydrogens (primary N) is 1. The summed E-state index contributed by atoms with van der Waals surface area (Å²) in [5.41, 5.74) is 6.88. The Bertz CT molecular complexity index is 227. The zero-order valence-electron chi connectivity index (χ0n) is 7.96. The van der Waals surface area contributed by atoms with Crippen LogP contribution >= 0.6 is 0 Å². The van der Waals surface area contributed by atoms with Crippen molar-refractivity contribution in [3.8, 4) is 0 Å². The van der Waals surface area contributed by atoms with Crippen molar-refractivity contribution >= 4 is 0 Å². The zero-order chi connectivity index (χ0) is 8.97. The van der Waals surface area contributed by atoms with Crippen LogP contribution in [-0.4, -0.2) is 11.1 Å². The van der Waals surface area contributed by atoms with Crippen molar-refractivity contribution in [3.63, 3.8) is 0 Å². The van der Waals surface area contributed by atoms with Crippen LogP contribution < -0.4 is 5.73 Å². The molecule has 0 saturated heterocycles. The summed E-state index contributed by atoms with van der Waals surface area (Å²) < 4.78 is 2.09. The Morgan fingerprint density at radius 3 is 2.83 bits per heavy atom. The van der Waals surface area contributed by atoms with Gasteiger partial charge in [0.1, 0.15) is 0 Å². The Morgan fingerprint density at radius 2 is 2.33 bits per heavy atom. The van der Waals surface area contributed by atoms with Crippen LogP contribution in [0.25, 0.3) is 0 Å². The van der Waals surface area contributed by atoms with Crippen LogP contribution in [0.4, 0.5) is 0 Å². The van der Waals surface area contributed by atoms with E-state index in [4.69, 9.17) is 5.73 Å². The van der Waals surface area contributed by atoms with Gasteiger partial charge in [0.25, 0.3) is 0 Å². The molecule has 0 aromatic carbocycles. The third kappa shape index (κ3) is 2.38. The fraction of sp³-hybridized carbons (Fsp3) is 0.600. The number of hydrogen-bond donors (Lipinski definition) is 1. The van der Waals surface area contributed by atoms with Gasteiger partial charge in [-0.05, 0) is 36.9 Å². The average Bonchev–Trinajstić information content (AvgIpc) is 2.47. The van der Waals surface area contributed by atoms with Gasteiger partial charge < -0.3 is 10.3 Å². The lowest BCUT2D eigenvalue weighted by atomic mass is 9.99. The van der Waals surface area contributed by atoms with Crippen LogP contribution in [0, 0.1) is 0 Å². The second-order valence-corrected chi connectivity index (χ2v) is 3.44. The Kier molecular flexibility index (Phi) is 3.35. The molecule has 1 rings (SSSR count). The van der Waals surface area contributed by atoms with Gasteiger partial charge in [0, 0.05) is 19.4 Å². The summed E-state index contributed by atoms with van der Waals surface area (Å²) in [6.07, 6.45) is 6.59. The highest BCUT2D eigenvalue weighted by molar-refractivity contribution is 5.14. The van der Waals surface area contributed by atoms with Crippen LogP contribution in [0.1, 0.15) is 31.2 Å². The van der Waals surface area contributed by atoms with Crippen molar-refractivity contribution in [3.05, 3.63) is 24.0 Å². The van der Waals surface area contributed by atoms with Gasteiger partial charge in [-0.2, -0.15) is 0 Å². The second-order valence-electron chi connectivity index (χ2n) is 3.44. The minimum atomic E-state index is 0.648. The molecule has 1 heterocycles. The lowest BCUT2D eigenvalue weighted by Crippen LogP contribution is -2.01. The van der Waals surface area contributed by atoms with Crippen molar-refractivity contribution in [1.29, 1.82) is 0 Å². The van der Waals surface area contributed by atoms with Crippen molar-refractivity contribution in [2.75, 3.05) is 6.54 Å². The maximum atomic E-state index is 5.45. The molecule has 1 aromatic rings. The molecule has 2 N–H and O–H groups in total. The molecule has 2 heteroatoms. The largest absolute Gasteiger partial charge is 0.357 e. The maximum Gasteiger partial charge on any atom is 0.0106 e.